The van der Waals surface area contributed by atoms with Gasteiger partial charge in [-0.25, -0.2) is 0 Å². The van der Waals surface area contributed by atoms with Gasteiger partial charge in [-0.05, 0) is 54.1 Å². The first kappa shape index (κ1) is 18.2. The Morgan fingerprint density at radius 2 is 2.00 bits per heavy atom. The monoisotopic (exact) mass is 394 g/mol. The molecule has 28 heavy (non-hydrogen) atoms. The predicted molar refractivity (Wildman–Crippen MR) is 109 cm³/mol. The molecular weight excluding hydrogens is 376 g/mol. The van der Waals surface area contributed by atoms with Crippen molar-refractivity contribution in [3.63, 3.8) is 0 Å². The number of methoxy groups -OCH3 is 1. The number of benzene rings is 2. The molecule has 1 atom stereocenters. The summed E-state index contributed by atoms with van der Waals surface area (Å²) in [7, 11) is 1.61. The summed E-state index contributed by atoms with van der Waals surface area (Å²) < 4.78 is 10.3. The van der Waals surface area contributed by atoms with Gasteiger partial charge in [0.1, 0.15) is 11.1 Å². The Morgan fingerprint density at radius 1 is 1.18 bits per heavy atom. The van der Waals surface area contributed by atoms with Crippen LogP contribution in [0.25, 0.3) is 0 Å². The Bertz CT molecular complexity index is 986. The van der Waals surface area contributed by atoms with E-state index in [1.54, 1.807) is 35.9 Å². The summed E-state index contributed by atoms with van der Waals surface area (Å²) in [6.07, 6.45) is 1.46. The van der Waals surface area contributed by atoms with E-state index in [1.165, 1.54) is 6.26 Å². The number of amides is 2. The molecule has 2 aromatic carbocycles. The highest BCUT2D eigenvalue weighted by Crippen LogP contribution is 2.42. The highest BCUT2D eigenvalue weighted by atomic mass is 32.2. The van der Waals surface area contributed by atoms with E-state index in [0.29, 0.717) is 11.4 Å². The Morgan fingerprint density at radius 3 is 2.71 bits per heavy atom. The van der Waals surface area contributed by atoms with Crippen LogP contribution in [0.1, 0.15) is 21.5 Å². The SMILES string of the molecule is COc1ccc(N2C(=O)CS[C@H]2c2cccc(NC(=O)c3ccco3)c2)cc1. The average molecular weight is 394 g/mol. The molecule has 6 nitrogen and oxygen atoms in total. The Balaban J connectivity index is 1.58. The molecule has 1 saturated heterocycles. The first-order chi connectivity index (χ1) is 13.7. The van der Waals surface area contributed by atoms with Gasteiger partial charge < -0.3 is 14.5 Å². The topological polar surface area (TPSA) is 71.8 Å². The molecule has 0 unspecified atom stereocenters. The van der Waals surface area contributed by atoms with Crippen molar-refractivity contribution in [3.05, 3.63) is 78.3 Å². The third-order valence-electron chi connectivity index (χ3n) is 4.39. The molecule has 0 bridgehead atoms. The number of furan rings is 1. The quantitative estimate of drug-likeness (QED) is 0.698. The van der Waals surface area contributed by atoms with Crippen molar-refractivity contribution in [1.29, 1.82) is 0 Å². The van der Waals surface area contributed by atoms with Crippen molar-refractivity contribution in [3.8, 4) is 5.75 Å². The van der Waals surface area contributed by atoms with Gasteiger partial charge in [0, 0.05) is 11.4 Å². The third kappa shape index (κ3) is 3.61. The van der Waals surface area contributed by atoms with E-state index in [1.807, 2.05) is 48.5 Å². The van der Waals surface area contributed by atoms with Gasteiger partial charge in [0.2, 0.25) is 5.91 Å². The highest BCUT2D eigenvalue weighted by molar-refractivity contribution is 8.00. The van der Waals surface area contributed by atoms with E-state index >= 15 is 0 Å². The summed E-state index contributed by atoms with van der Waals surface area (Å²) in [5, 5.41) is 2.66. The molecule has 1 N–H and O–H groups in total. The van der Waals surface area contributed by atoms with Gasteiger partial charge in [-0.2, -0.15) is 0 Å². The van der Waals surface area contributed by atoms with Crippen molar-refractivity contribution in [2.24, 2.45) is 0 Å². The van der Waals surface area contributed by atoms with Crippen LogP contribution >= 0.6 is 11.8 Å². The fourth-order valence-electron chi connectivity index (χ4n) is 3.06. The van der Waals surface area contributed by atoms with Crippen LogP contribution in [0.2, 0.25) is 0 Å². The van der Waals surface area contributed by atoms with Crippen molar-refractivity contribution >= 4 is 35.0 Å². The second-order valence-electron chi connectivity index (χ2n) is 6.18. The summed E-state index contributed by atoms with van der Waals surface area (Å²) >= 11 is 1.56. The molecule has 1 fully saturated rings. The molecular formula is C21H18N2O4S. The van der Waals surface area contributed by atoms with Crippen molar-refractivity contribution in [2.45, 2.75) is 5.37 Å². The van der Waals surface area contributed by atoms with E-state index in [0.717, 1.165) is 17.0 Å². The summed E-state index contributed by atoms with van der Waals surface area (Å²) in [4.78, 5) is 26.5. The minimum absolute atomic E-state index is 0.0465. The second kappa shape index (κ2) is 7.82. The zero-order valence-electron chi connectivity index (χ0n) is 15.1. The predicted octanol–water partition coefficient (Wildman–Crippen LogP) is 4.32. The molecule has 2 amide bonds. The van der Waals surface area contributed by atoms with Crippen LogP contribution in [-0.2, 0) is 4.79 Å². The summed E-state index contributed by atoms with van der Waals surface area (Å²) in [6, 6.07) is 18.2. The van der Waals surface area contributed by atoms with Gasteiger partial charge in [-0.15, -0.1) is 11.8 Å². The maximum atomic E-state index is 12.5. The lowest BCUT2D eigenvalue weighted by Crippen LogP contribution is -2.27. The van der Waals surface area contributed by atoms with Crippen molar-refractivity contribution < 1.29 is 18.7 Å². The molecule has 0 aliphatic carbocycles. The molecule has 1 aliphatic heterocycles. The minimum atomic E-state index is -0.315. The fourth-order valence-corrected chi connectivity index (χ4v) is 4.23. The van der Waals surface area contributed by atoms with Crippen LogP contribution < -0.4 is 15.0 Å². The van der Waals surface area contributed by atoms with Gasteiger partial charge in [0.25, 0.3) is 5.91 Å². The maximum Gasteiger partial charge on any atom is 0.291 e. The molecule has 1 aliphatic rings. The minimum Gasteiger partial charge on any atom is -0.497 e. The number of thioether (sulfide) groups is 1. The number of ether oxygens (including phenoxy) is 1. The number of rotatable bonds is 5. The standard InChI is InChI=1S/C21H18N2O4S/c1-26-17-9-7-16(8-10-17)23-19(24)13-28-21(23)14-4-2-5-15(12-14)22-20(25)18-6-3-11-27-18/h2-12,21H,13H2,1H3,(H,22,25)/t21-/m0/s1. The van der Waals surface area contributed by atoms with Crippen LogP contribution in [-0.4, -0.2) is 24.7 Å². The number of hydrogen-bond donors (Lipinski definition) is 1. The molecule has 0 saturated carbocycles. The largest absolute Gasteiger partial charge is 0.497 e. The number of anilines is 2. The molecule has 0 spiro atoms. The lowest BCUT2D eigenvalue weighted by molar-refractivity contribution is -0.115. The molecule has 2 heterocycles. The Kier molecular flexibility index (Phi) is 5.08. The molecule has 142 valence electrons. The molecule has 0 radical (unpaired) electrons. The van der Waals surface area contributed by atoms with Crippen molar-refractivity contribution in [1.82, 2.24) is 0 Å². The third-order valence-corrected chi connectivity index (χ3v) is 5.61. The molecule has 7 heteroatoms. The lowest BCUT2D eigenvalue weighted by atomic mass is 10.1. The van der Waals surface area contributed by atoms with Gasteiger partial charge in [-0.1, -0.05) is 12.1 Å². The zero-order valence-corrected chi connectivity index (χ0v) is 15.9. The first-order valence-corrected chi connectivity index (χ1v) is 9.73. The Labute approximate surface area is 166 Å². The maximum absolute atomic E-state index is 12.5. The van der Waals surface area contributed by atoms with Gasteiger partial charge in [-0.3, -0.25) is 14.5 Å². The van der Waals surface area contributed by atoms with E-state index < -0.39 is 0 Å². The van der Waals surface area contributed by atoms with Gasteiger partial charge in [0.15, 0.2) is 5.76 Å². The number of hydrogen-bond acceptors (Lipinski definition) is 5. The van der Waals surface area contributed by atoms with E-state index in [-0.39, 0.29) is 22.9 Å². The van der Waals surface area contributed by atoms with Crippen LogP contribution in [0.15, 0.2) is 71.3 Å². The summed E-state index contributed by atoms with van der Waals surface area (Å²) in [5.74, 6) is 1.12. The number of nitrogens with one attached hydrogen (secondary N) is 1. The lowest BCUT2D eigenvalue weighted by Gasteiger charge is -2.25. The van der Waals surface area contributed by atoms with Gasteiger partial charge >= 0.3 is 0 Å². The average Bonchev–Trinajstić information content (AvgIpc) is 3.38. The number of nitrogens with zero attached hydrogens (tertiary/aromatic N) is 1. The van der Waals surface area contributed by atoms with E-state index in [9.17, 15) is 9.59 Å². The van der Waals surface area contributed by atoms with Crippen LogP contribution in [0, 0.1) is 0 Å². The molecule has 3 aromatic rings. The smallest absolute Gasteiger partial charge is 0.291 e. The van der Waals surface area contributed by atoms with Crippen LogP contribution in [0.4, 0.5) is 11.4 Å². The number of carbonyl (C=O) groups is 2. The summed E-state index contributed by atoms with van der Waals surface area (Å²) in [6.45, 7) is 0. The van der Waals surface area contributed by atoms with E-state index in [4.69, 9.17) is 9.15 Å². The van der Waals surface area contributed by atoms with E-state index in [2.05, 4.69) is 5.32 Å². The summed E-state index contributed by atoms with van der Waals surface area (Å²) in [5.41, 5.74) is 2.39. The number of carbonyl (C=O) groups excluding carboxylic acids is 2. The van der Waals surface area contributed by atoms with Crippen molar-refractivity contribution in [2.75, 3.05) is 23.1 Å². The molecule has 4 rings (SSSR count). The highest BCUT2D eigenvalue weighted by Gasteiger charge is 2.34. The molecule has 1 aromatic heterocycles. The second-order valence-corrected chi connectivity index (χ2v) is 7.25. The fraction of sp³-hybridized carbons (Fsp3) is 0.143. The normalized spacial score (nSPS) is 16.2. The zero-order chi connectivity index (χ0) is 19.5. The van der Waals surface area contributed by atoms with Crippen LogP contribution in [0.3, 0.4) is 0 Å². The van der Waals surface area contributed by atoms with Gasteiger partial charge in [0.05, 0.1) is 19.1 Å². The van der Waals surface area contributed by atoms with Crippen LogP contribution in [0.5, 0.6) is 5.75 Å². The Hall–Kier alpha value is -3.19. The first-order valence-electron chi connectivity index (χ1n) is 8.68.